The Hall–Kier alpha value is -2.80. The molecule has 0 saturated carbocycles. The molecule has 146 valence electrons. The Morgan fingerprint density at radius 1 is 1.11 bits per heavy atom. The molecule has 0 spiro atoms. The topological polar surface area (TPSA) is 80.6 Å². The van der Waals surface area contributed by atoms with E-state index >= 15 is 0 Å². The summed E-state index contributed by atoms with van der Waals surface area (Å²) in [4.78, 5) is 11.1. The monoisotopic (exact) mass is 374 g/mol. The van der Waals surface area contributed by atoms with E-state index in [0.717, 1.165) is 11.1 Å². The zero-order chi connectivity index (χ0) is 19.6. The number of nitrogens with zero attached hydrogens (tertiary/aromatic N) is 2. The molecule has 0 aromatic heterocycles. The van der Waals surface area contributed by atoms with E-state index in [2.05, 4.69) is 5.29 Å². The fraction of sp³-hybridized carbons (Fsp3) is 0.400. The normalized spacial score (nSPS) is 11.6. The summed E-state index contributed by atoms with van der Waals surface area (Å²) in [6.45, 7) is 2.53. The maximum absolute atomic E-state index is 11.1. The predicted octanol–water partition coefficient (Wildman–Crippen LogP) is 2.98. The van der Waals surface area contributed by atoms with Crippen molar-refractivity contribution in [2.24, 2.45) is 5.29 Å². The zero-order valence-corrected chi connectivity index (χ0v) is 15.9. The maximum Gasteiger partial charge on any atom is 0.160 e. The van der Waals surface area contributed by atoms with Crippen molar-refractivity contribution >= 4 is 0 Å². The van der Waals surface area contributed by atoms with E-state index in [1.54, 1.807) is 14.2 Å². The Kier molecular flexibility index (Phi) is 7.88. The van der Waals surface area contributed by atoms with Crippen molar-refractivity contribution in [3.05, 3.63) is 58.5 Å². The minimum absolute atomic E-state index is 0.0891. The molecule has 2 rings (SSSR count). The Morgan fingerprint density at radius 3 is 2.56 bits per heavy atom. The summed E-state index contributed by atoms with van der Waals surface area (Å²) in [7, 11) is 3.15. The number of aliphatic hydroxyl groups excluding tert-OH is 1. The van der Waals surface area contributed by atoms with Crippen molar-refractivity contribution in [2.45, 2.75) is 19.4 Å². The molecule has 2 aromatic carbocycles. The Balaban J connectivity index is 1.83. The molecule has 0 heterocycles. The standard InChI is InChI=1S/C20H26N2O5/c1-15-5-4-6-18(11-15)27-14-17(23)13-22(21-24)10-9-16-7-8-19(25-2)20(12-16)26-3/h4-8,11-12,17,23H,9-10,13-14H2,1-3H3. The molecule has 2 aromatic rings. The largest absolute Gasteiger partial charge is 0.493 e. The van der Waals surface area contributed by atoms with Gasteiger partial charge in [-0.1, -0.05) is 18.2 Å². The molecule has 0 amide bonds. The molecule has 7 nitrogen and oxygen atoms in total. The number of hydrogen-bond donors (Lipinski definition) is 1. The Labute approximate surface area is 159 Å². The lowest BCUT2D eigenvalue weighted by molar-refractivity contribution is 0.0688. The summed E-state index contributed by atoms with van der Waals surface area (Å²) in [5.74, 6) is 1.97. The molecule has 1 atom stereocenters. The smallest absolute Gasteiger partial charge is 0.160 e. The van der Waals surface area contributed by atoms with E-state index in [1.165, 1.54) is 5.01 Å². The number of methoxy groups -OCH3 is 2. The third-order valence-corrected chi connectivity index (χ3v) is 4.08. The third-order valence-electron chi connectivity index (χ3n) is 4.08. The highest BCUT2D eigenvalue weighted by Crippen LogP contribution is 2.27. The van der Waals surface area contributed by atoms with Crippen molar-refractivity contribution < 1.29 is 19.3 Å². The number of benzene rings is 2. The van der Waals surface area contributed by atoms with Crippen molar-refractivity contribution in [3.8, 4) is 17.2 Å². The van der Waals surface area contributed by atoms with Gasteiger partial charge in [-0.05, 0) is 48.7 Å². The average Bonchev–Trinajstić information content (AvgIpc) is 2.69. The van der Waals surface area contributed by atoms with Gasteiger partial charge in [0.25, 0.3) is 0 Å². The summed E-state index contributed by atoms with van der Waals surface area (Å²) in [6, 6.07) is 13.2. The molecule has 0 bridgehead atoms. The van der Waals surface area contributed by atoms with E-state index in [4.69, 9.17) is 14.2 Å². The molecule has 0 aliphatic heterocycles. The van der Waals surface area contributed by atoms with Crippen LogP contribution in [0, 0.1) is 11.8 Å². The van der Waals surface area contributed by atoms with Crippen LogP contribution in [0.25, 0.3) is 0 Å². The van der Waals surface area contributed by atoms with E-state index < -0.39 is 6.10 Å². The second kappa shape index (κ2) is 10.4. The minimum Gasteiger partial charge on any atom is -0.493 e. The highest BCUT2D eigenvalue weighted by atomic mass is 16.5. The zero-order valence-electron chi connectivity index (χ0n) is 15.9. The Bertz CT molecular complexity index is 738. The number of hydrogen-bond acceptors (Lipinski definition) is 6. The highest BCUT2D eigenvalue weighted by molar-refractivity contribution is 5.42. The third kappa shape index (κ3) is 6.45. The first-order valence-corrected chi connectivity index (χ1v) is 8.72. The van der Waals surface area contributed by atoms with Crippen LogP contribution in [-0.4, -0.2) is 50.1 Å². The van der Waals surface area contributed by atoms with Crippen LogP contribution in [0.3, 0.4) is 0 Å². The first-order valence-electron chi connectivity index (χ1n) is 8.72. The number of ether oxygens (including phenoxy) is 3. The fourth-order valence-electron chi connectivity index (χ4n) is 2.65. The first kappa shape index (κ1) is 20.5. The van der Waals surface area contributed by atoms with Gasteiger partial charge in [-0.15, -0.1) is 4.91 Å². The molecule has 0 fully saturated rings. The van der Waals surface area contributed by atoms with E-state index in [9.17, 15) is 10.0 Å². The molecule has 0 radical (unpaired) electrons. The van der Waals surface area contributed by atoms with Crippen LogP contribution in [0.5, 0.6) is 17.2 Å². The summed E-state index contributed by atoms with van der Waals surface area (Å²) in [5.41, 5.74) is 2.06. The molecule has 27 heavy (non-hydrogen) atoms. The highest BCUT2D eigenvalue weighted by Gasteiger charge is 2.13. The van der Waals surface area contributed by atoms with Crippen molar-refractivity contribution in [1.29, 1.82) is 0 Å². The molecule has 0 saturated heterocycles. The number of aliphatic hydroxyl groups is 1. The van der Waals surface area contributed by atoms with Gasteiger partial charge in [0.05, 0.1) is 26.1 Å². The number of nitroso groups, excluding NO2 is 1. The van der Waals surface area contributed by atoms with Gasteiger partial charge in [0.2, 0.25) is 0 Å². The van der Waals surface area contributed by atoms with E-state index in [1.807, 2.05) is 49.4 Å². The van der Waals surface area contributed by atoms with Crippen LogP contribution in [0.2, 0.25) is 0 Å². The van der Waals surface area contributed by atoms with Gasteiger partial charge >= 0.3 is 0 Å². The van der Waals surface area contributed by atoms with Gasteiger partial charge in [-0.3, -0.25) is 5.01 Å². The number of aryl methyl sites for hydroxylation is 1. The van der Waals surface area contributed by atoms with Crippen LogP contribution in [-0.2, 0) is 6.42 Å². The van der Waals surface area contributed by atoms with Crippen LogP contribution in [0.15, 0.2) is 47.8 Å². The van der Waals surface area contributed by atoms with Gasteiger partial charge in [0.1, 0.15) is 18.5 Å². The minimum atomic E-state index is -0.825. The van der Waals surface area contributed by atoms with Crippen LogP contribution in [0.4, 0.5) is 0 Å². The summed E-state index contributed by atoms with van der Waals surface area (Å²) in [5, 5.41) is 14.4. The van der Waals surface area contributed by atoms with Crippen LogP contribution in [0.1, 0.15) is 11.1 Å². The molecule has 0 aliphatic carbocycles. The van der Waals surface area contributed by atoms with E-state index in [0.29, 0.717) is 30.2 Å². The van der Waals surface area contributed by atoms with Crippen molar-refractivity contribution in [2.75, 3.05) is 33.9 Å². The second-order valence-corrected chi connectivity index (χ2v) is 6.21. The van der Waals surface area contributed by atoms with Gasteiger partial charge in [0.15, 0.2) is 11.5 Å². The van der Waals surface area contributed by atoms with Gasteiger partial charge in [0, 0.05) is 6.54 Å². The Morgan fingerprint density at radius 2 is 1.89 bits per heavy atom. The molecule has 1 N–H and O–H groups in total. The molecule has 1 unspecified atom stereocenters. The average molecular weight is 374 g/mol. The predicted molar refractivity (Wildman–Crippen MR) is 103 cm³/mol. The quantitative estimate of drug-likeness (QED) is 0.481. The summed E-state index contributed by atoms with van der Waals surface area (Å²) >= 11 is 0. The van der Waals surface area contributed by atoms with Crippen molar-refractivity contribution in [3.63, 3.8) is 0 Å². The fourth-order valence-corrected chi connectivity index (χ4v) is 2.65. The summed E-state index contributed by atoms with van der Waals surface area (Å²) < 4.78 is 16.0. The lowest BCUT2D eigenvalue weighted by Gasteiger charge is -2.20. The number of rotatable bonds is 11. The summed E-state index contributed by atoms with van der Waals surface area (Å²) in [6.07, 6.45) is -0.244. The van der Waals surface area contributed by atoms with Crippen molar-refractivity contribution in [1.82, 2.24) is 5.01 Å². The van der Waals surface area contributed by atoms with Crippen LogP contribution < -0.4 is 14.2 Å². The van der Waals surface area contributed by atoms with Gasteiger partial charge in [-0.25, -0.2) is 0 Å². The SMILES string of the molecule is COc1ccc(CCN(CC(O)COc2cccc(C)c2)N=O)cc1OC. The second-order valence-electron chi connectivity index (χ2n) is 6.21. The van der Waals surface area contributed by atoms with Gasteiger partial charge in [-0.2, -0.15) is 0 Å². The molecular weight excluding hydrogens is 348 g/mol. The lowest BCUT2D eigenvalue weighted by atomic mass is 10.1. The molecule has 0 aliphatic rings. The lowest BCUT2D eigenvalue weighted by Crippen LogP contribution is -2.33. The molecular formula is C20H26N2O5. The van der Waals surface area contributed by atoms with Crippen LogP contribution >= 0.6 is 0 Å². The van der Waals surface area contributed by atoms with E-state index in [-0.39, 0.29) is 13.2 Å². The molecule has 7 heteroatoms. The maximum atomic E-state index is 11.1. The van der Waals surface area contributed by atoms with Gasteiger partial charge < -0.3 is 19.3 Å². The first-order chi connectivity index (χ1) is 13.0.